The fourth-order valence-corrected chi connectivity index (χ4v) is 2.85. The number of carboxylic acid groups (broad SMARTS) is 1. The van der Waals surface area contributed by atoms with Gasteiger partial charge in [-0.2, -0.15) is 0 Å². The van der Waals surface area contributed by atoms with Gasteiger partial charge in [0, 0.05) is 26.2 Å². The Morgan fingerprint density at radius 3 is 2.50 bits per heavy atom. The fraction of sp³-hybridized carbons (Fsp3) is 0.769. The number of rotatable bonds is 2. The Labute approximate surface area is 117 Å². The zero-order valence-electron chi connectivity index (χ0n) is 11.7. The van der Waals surface area contributed by atoms with Gasteiger partial charge in [-0.1, -0.05) is 6.92 Å². The van der Waals surface area contributed by atoms with Crippen molar-refractivity contribution < 1.29 is 19.5 Å². The average molecular weight is 283 g/mol. The van der Waals surface area contributed by atoms with Gasteiger partial charge in [0.1, 0.15) is 6.04 Å². The van der Waals surface area contributed by atoms with Gasteiger partial charge in [-0.3, -0.25) is 9.59 Å². The van der Waals surface area contributed by atoms with Crippen LogP contribution in [0.25, 0.3) is 0 Å². The molecule has 2 saturated heterocycles. The normalized spacial score (nSPS) is 24.4. The lowest BCUT2D eigenvalue weighted by molar-refractivity contribution is -0.143. The molecular weight excluding hydrogens is 262 g/mol. The van der Waals surface area contributed by atoms with Crippen molar-refractivity contribution in [1.29, 1.82) is 0 Å². The van der Waals surface area contributed by atoms with E-state index in [4.69, 9.17) is 5.11 Å². The second-order valence-corrected chi connectivity index (χ2v) is 5.29. The summed E-state index contributed by atoms with van der Waals surface area (Å²) in [6.45, 7) is 3.77. The van der Waals surface area contributed by atoms with Gasteiger partial charge < -0.3 is 20.2 Å². The van der Waals surface area contributed by atoms with E-state index in [0.717, 1.165) is 0 Å². The van der Waals surface area contributed by atoms with Crippen LogP contribution >= 0.6 is 0 Å². The fourth-order valence-electron chi connectivity index (χ4n) is 2.85. The quantitative estimate of drug-likeness (QED) is 0.753. The summed E-state index contributed by atoms with van der Waals surface area (Å²) in [5.74, 6) is -1.25. The van der Waals surface area contributed by atoms with Gasteiger partial charge in [0.15, 0.2) is 0 Å². The van der Waals surface area contributed by atoms with Crippen LogP contribution in [-0.2, 0) is 9.59 Å². The van der Waals surface area contributed by atoms with Gasteiger partial charge in [-0.15, -0.1) is 0 Å². The first-order valence-electron chi connectivity index (χ1n) is 7.10. The molecule has 0 aromatic carbocycles. The lowest BCUT2D eigenvalue weighted by Gasteiger charge is -2.39. The molecule has 0 spiro atoms. The highest BCUT2D eigenvalue weighted by Gasteiger charge is 2.36. The third-order valence-corrected chi connectivity index (χ3v) is 4.08. The monoisotopic (exact) mass is 283 g/mol. The molecule has 2 aliphatic rings. The number of aliphatic carboxylic acids is 1. The Morgan fingerprint density at radius 2 is 1.95 bits per heavy atom. The van der Waals surface area contributed by atoms with Crippen molar-refractivity contribution >= 4 is 17.9 Å². The number of carbonyl (C=O) groups is 3. The van der Waals surface area contributed by atoms with Crippen molar-refractivity contribution in [3.8, 4) is 0 Å². The molecule has 2 heterocycles. The average Bonchev–Trinajstić information content (AvgIpc) is 2.46. The van der Waals surface area contributed by atoms with E-state index in [1.54, 1.807) is 9.80 Å². The van der Waals surface area contributed by atoms with E-state index in [2.05, 4.69) is 5.32 Å². The molecule has 0 aromatic rings. The molecule has 2 fully saturated rings. The second-order valence-electron chi connectivity index (χ2n) is 5.29. The Balaban J connectivity index is 1.97. The largest absolute Gasteiger partial charge is 0.481 e. The van der Waals surface area contributed by atoms with Gasteiger partial charge in [0.05, 0.1) is 5.92 Å². The van der Waals surface area contributed by atoms with Gasteiger partial charge >= 0.3 is 12.0 Å². The predicted molar refractivity (Wildman–Crippen MR) is 71.1 cm³/mol. The summed E-state index contributed by atoms with van der Waals surface area (Å²) in [6, 6.07) is -0.552. The van der Waals surface area contributed by atoms with Crippen LogP contribution in [0, 0.1) is 5.92 Å². The van der Waals surface area contributed by atoms with E-state index >= 15 is 0 Å². The zero-order valence-corrected chi connectivity index (χ0v) is 11.7. The van der Waals surface area contributed by atoms with Gasteiger partial charge in [-0.05, 0) is 19.3 Å². The maximum atomic E-state index is 12.5. The number of nitrogens with zero attached hydrogens (tertiary/aromatic N) is 2. The van der Waals surface area contributed by atoms with E-state index in [1.165, 1.54) is 0 Å². The number of amides is 3. The van der Waals surface area contributed by atoms with Crippen LogP contribution in [0.4, 0.5) is 4.79 Å². The first kappa shape index (κ1) is 14.6. The zero-order chi connectivity index (χ0) is 14.7. The number of piperidine rings is 1. The minimum atomic E-state index is -0.791. The number of nitrogens with one attached hydrogen (secondary N) is 1. The van der Waals surface area contributed by atoms with Crippen LogP contribution in [0.1, 0.15) is 26.2 Å². The first-order valence-corrected chi connectivity index (χ1v) is 7.10. The number of hydrogen-bond acceptors (Lipinski definition) is 3. The minimum Gasteiger partial charge on any atom is -0.481 e. The molecule has 0 aliphatic carbocycles. The summed E-state index contributed by atoms with van der Waals surface area (Å²) in [4.78, 5) is 38.4. The number of carboxylic acids is 1. The number of carbonyl (C=O) groups excluding carboxylic acids is 2. The predicted octanol–water partition coefficient (Wildman–Crippen LogP) is 0.113. The molecule has 3 amide bonds. The van der Waals surface area contributed by atoms with Crippen molar-refractivity contribution in [2.75, 3.05) is 26.2 Å². The number of likely N-dealkylation sites (tertiary alicyclic amines) is 1. The van der Waals surface area contributed by atoms with Gasteiger partial charge in [0.25, 0.3) is 0 Å². The van der Waals surface area contributed by atoms with Crippen molar-refractivity contribution in [1.82, 2.24) is 15.1 Å². The van der Waals surface area contributed by atoms with Crippen LogP contribution in [0.5, 0.6) is 0 Å². The topological polar surface area (TPSA) is 90.0 Å². The molecule has 2 aliphatic heterocycles. The molecule has 112 valence electrons. The summed E-state index contributed by atoms with van der Waals surface area (Å²) in [6.07, 6.45) is 1.55. The number of piperazine rings is 1. The number of hydrogen-bond donors (Lipinski definition) is 2. The maximum absolute atomic E-state index is 12.5. The molecule has 1 atom stereocenters. The van der Waals surface area contributed by atoms with Crippen LogP contribution in [-0.4, -0.2) is 65.0 Å². The third kappa shape index (κ3) is 2.86. The Kier molecular flexibility index (Phi) is 4.46. The third-order valence-electron chi connectivity index (χ3n) is 4.08. The van der Waals surface area contributed by atoms with E-state index in [-0.39, 0.29) is 17.9 Å². The number of urea groups is 1. The Hall–Kier alpha value is -1.79. The molecule has 1 unspecified atom stereocenters. The SMILES string of the molecule is CCC1C(=O)NCCN1C(=O)N1CCC(C(=O)O)CC1. The van der Waals surface area contributed by atoms with Crippen molar-refractivity contribution in [3.05, 3.63) is 0 Å². The summed E-state index contributed by atoms with van der Waals surface area (Å²) < 4.78 is 0. The highest BCUT2D eigenvalue weighted by molar-refractivity contribution is 5.88. The van der Waals surface area contributed by atoms with E-state index < -0.39 is 12.0 Å². The highest BCUT2D eigenvalue weighted by Crippen LogP contribution is 2.20. The molecule has 7 heteroatoms. The molecule has 0 aromatic heterocycles. The smallest absolute Gasteiger partial charge is 0.320 e. The van der Waals surface area contributed by atoms with Crippen LogP contribution in [0.2, 0.25) is 0 Å². The molecule has 7 nitrogen and oxygen atoms in total. The van der Waals surface area contributed by atoms with Crippen molar-refractivity contribution in [2.45, 2.75) is 32.2 Å². The molecule has 2 rings (SSSR count). The minimum absolute atomic E-state index is 0.104. The van der Waals surface area contributed by atoms with E-state index in [0.29, 0.717) is 45.4 Å². The Morgan fingerprint density at radius 1 is 1.30 bits per heavy atom. The van der Waals surface area contributed by atoms with Crippen LogP contribution < -0.4 is 5.32 Å². The van der Waals surface area contributed by atoms with Gasteiger partial charge in [0.2, 0.25) is 5.91 Å². The molecule has 0 radical (unpaired) electrons. The van der Waals surface area contributed by atoms with Crippen LogP contribution in [0.15, 0.2) is 0 Å². The molecular formula is C13H21N3O4. The van der Waals surface area contributed by atoms with Crippen molar-refractivity contribution in [3.63, 3.8) is 0 Å². The second kappa shape index (κ2) is 6.11. The Bertz CT molecular complexity index is 404. The first-order chi connectivity index (χ1) is 9.54. The molecule has 0 saturated carbocycles. The molecule has 20 heavy (non-hydrogen) atoms. The summed E-state index contributed by atoms with van der Waals surface area (Å²) in [5, 5.41) is 11.7. The summed E-state index contributed by atoms with van der Waals surface area (Å²) in [5.41, 5.74) is 0. The van der Waals surface area contributed by atoms with E-state index in [1.807, 2.05) is 6.92 Å². The van der Waals surface area contributed by atoms with Crippen LogP contribution in [0.3, 0.4) is 0 Å². The lowest BCUT2D eigenvalue weighted by atomic mass is 9.97. The van der Waals surface area contributed by atoms with E-state index in [9.17, 15) is 14.4 Å². The van der Waals surface area contributed by atoms with Gasteiger partial charge in [-0.25, -0.2) is 4.79 Å². The molecule has 2 N–H and O–H groups in total. The standard InChI is InChI=1S/C13H21N3O4/c1-2-10-11(17)14-5-8-16(10)13(20)15-6-3-9(4-7-15)12(18)19/h9-10H,2-8H2,1H3,(H,14,17)(H,18,19). The lowest BCUT2D eigenvalue weighted by Crippen LogP contribution is -2.60. The highest BCUT2D eigenvalue weighted by atomic mass is 16.4. The summed E-state index contributed by atoms with van der Waals surface area (Å²) in [7, 11) is 0. The maximum Gasteiger partial charge on any atom is 0.320 e. The summed E-state index contributed by atoms with van der Waals surface area (Å²) >= 11 is 0. The van der Waals surface area contributed by atoms with Crippen molar-refractivity contribution in [2.24, 2.45) is 5.92 Å². The molecule has 0 bridgehead atoms.